The van der Waals surface area contributed by atoms with Crippen molar-refractivity contribution in [1.82, 2.24) is 4.98 Å². The van der Waals surface area contributed by atoms with Gasteiger partial charge in [-0.1, -0.05) is 0 Å². The molecular weight excluding hydrogens is 202 g/mol. The van der Waals surface area contributed by atoms with E-state index in [1.165, 1.54) is 11.3 Å². The molecule has 1 aromatic rings. The minimum atomic E-state index is -0.825. The van der Waals surface area contributed by atoms with Crippen LogP contribution in [-0.4, -0.2) is 29.3 Å². The maximum absolute atomic E-state index is 10.4. The number of ether oxygens (including phenoxy) is 1. The Kier molecular flexibility index (Phi) is 2.79. The van der Waals surface area contributed by atoms with Crippen molar-refractivity contribution in [1.29, 1.82) is 0 Å². The molecular formula is C9H11NO3S. The lowest BCUT2D eigenvalue weighted by Gasteiger charge is -2.00. The Morgan fingerprint density at radius 3 is 3.29 bits per heavy atom. The first-order valence-electron chi connectivity index (χ1n) is 4.49. The fourth-order valence-corrected chi connectivity index (χ4v) is 2.36. The lowest BCUT2D eigenvalue weighted by molar-refractivity contribution is -0.136. The highest BCUT2D eigenvalue weighted by Gasteiger charge is 2.20. The van der Waals surface area contributed by atoms with E-state index in [0.29, 0.717) is 10.9 Å². The molecule has 0 aliphatic carbocycles. The highest BCUT2D eigenvalue weighted by molar-refractivity contribution is 7.09. The molecule has 0 spiro atoms. The summed E-state index contributed by atoms with van der Waals surface area (Å²) in [5.41, 5.74) is 0.990. The molecule has 2 rings (SSSR count). The van der Waals surface area contributed by atoms with E-state index in [0.717, 1.165) is 25.3 Å². The molecule has 0 amide bonds. The second kappa shape index (κ2) is 4.06. The van der Waals surface area contributed by atoms with E-state index >= 15 is 0 Å². The molecule has 1 N–H and O–H groups in total. The third kappa shape index (κ3) is 2.10. The first-order chi connectivity index (χ1) is 6.75. The maximum atomic E-state index is 10.4. The van der Waals surface area contributed by atoms with Gasteiger partial charge in [0.1, 0.15) is 5.01 Å². The van der Waals surface area contributed by atoms with Gasteiger partial charge in [0.2, 0.25) is 0 Å². The molecule has 0 bridgehead atoms. The minimum absolute atomic E-state index is 0.0260. The first kappa shape index (κ1) is 9.61. The monoisotopic (exact) mass is 213 g/mol. The van der Waals surface area contributed by atoms with Gasteiger partial charge in [-0.3, -0.25) is 4.79 Å². The van der Waals surface area contributed by atoms with E-state index in [-0.39, 0.29) is 6.42 Å². The zero-order valence-electron chi connectivity index (χ0n) is 7.60. The Morgan fingerprint density at radius 1 is 1.79 bits per heavy atom. The predicted molar refractivity (Wildman–Crippen MR) is 51.6 cm³/mol. The van der Waals surface area contributed by atoms with E-state index in [9.17, 15) is 4.79 Å². The van der Waals surface area contributed by atoms with Crippen LogP contribution in [0.25, 0.3) is 0 Å². The van der Waals surface area contributed by atoms with Crippen LogP contribution in [0, 0.1) is 0 Å². The number of aromatic nitrogens is 1. The van der Waals surface area contributed by atoms with Gasteiger partial charge in [0.15, 0.2) is 0 Å². The number of aliphatic carboxylic acids is 1. The van der Waals surface area contributed by atoms with Gasteiger partial charge in [-0.25, -0.2) is 4.98 Å². The number of thiazole rings is 1. The summed E-state index contributed by atoms with van der Waals surface area (Å²) in [6.45, 7) is 1.51. The summed E-state index contributed by atoms with van der Waals surface area (Å²) in [6.07, 6.45) is 1.02. The number of rotatable bonds is 3. The van der Waals surface area contributed by atoms with Crippen molar-refractivity contribution < 1.29 is 14.6 Å². The number of carboxylic acids is 1. The number of carboxylic acid groups (broad SMARTS) is 1. The molecule has 1 saturated heterocycles. The van der Waals surface area contributed by atoms with Crippen LogP contribution in [0.15, 0.2) is 5.38 Å². The summed E-state index contributed by atoms with van der Waals surface area (Å²) >= 11 is 1.42. The second-order valence-electron chi connectivity index (χ2n) is 3.30. The summed E-state index contributed by atoms with van der Waals surface area (Å²) in [4.78, 5) is 14.7. The quantitative estimate of drug-likeness (QED) is 0.821. The molecule has 4 nitrogen and oxygen atoms in total. The Balaban J connectivity index is 2.05. The maximum Gasteiger partial charge on any atom is 0.310 e. The summed E-state index contributed by atoms with van der Waals surface area (Å²) in [5.74, 6) is -0.456. The van der Waals surface area contributed by atoms with E-state index in [1.807, 2.05) is 5.38 Å². The van der Waals surface area contributed by atoms with Crippen LogP contribution in [0.4, 0.5) is 0 Å². The van der Waals surface area contributed by atoms with Crippen molar-refractivity contribution in [2.45, 2.75) is 18.8 Å². The number of carbonyl (C=O) groups is 1. The smallest absolute Gasteiger partial charge is 0.310 e. The molecule has 1 aliphatic heterocycles. The molecule has 0 saturated carbocycles. The van der Waals surface area contributed by atoms with Gasteiger partial charge < -0.3 is 9.84 Å². The standard InChI is InChI=1S/C9H11NO3S/c11-9(12)3-8-10-7(5-14-8)6-1-2-13-4-6/h5-6H,1-4H2,(H,11,12). The van der Waals surface area contributed by atoms with Crippen LogP contribution in [0.5, 0.6) is 0 Å². The van der Waals surface area contributed by atoms with Gasteiger partial charge >= 0.3 is 5.97 Å². The van der Waals surface area contributed by atoms with Crippen LogP contribution in [0.2, 0.25) is 0 Å². The van der Waals surface area contributed by atoms with Crippen molar-refractivity contribution in [3.05, 3.63) is 16.1 Å². The fourth-order valence-electron chi connectivity index (χ4n) is 1.49. The Bertz CT molecular complexity index is 331. The summed E-state index contributed by atoms with van der Waals surface area (Å²) < 4.78 is 5.25. The average Bonchev–Trinajstić information content (AvgIpc) is 2.69. The largest absolute Gasteiger partial charge is 0.481 e. The normalized spacial score (nSPS) is 21.3. The molecule has 1 fully saturated rings. The minimum Gasteiger partial charge on any atom is -0.481 e. The van der Waals surface area contributed by atoms with Crippen LogP contribution in [0.3, 0.4) is 0 Å². The number of hydrogen-bond donors (Lipinski definition) is 1. The van der Waals surface area contributed by atoms with E-state index in [4.69, 9.17) is 9.84 Å². The number of nitrogens with zero attached hydrogens (tertiary/aromatic N) is 1. The van der Waals surface area contributed by atoms with Crippen molar-refractivity contribution in [2.24, 2.45) is 0 Å². The van der Waals surface area contributed by atoms with Crippen molar-refractivity contribution in [3.63, 3.8) is 0 Å². The zero-order valence-corrected chi connectivity index (χ0v) is 8.42. The molecule has 1 aliphatic rings. The van der Waals surface area contributed by atoms with E-state index in [1.54, 1.807) is 0 Å². The van der Waals surface area contributed by atoms with E-state index in [2.05, 4.69) is 4.98 Å². The summed E-state index contributed by atoms with van der Waals surface area (Å²) in [7, 11) is 0. The Morgan fingerprint density at radius 2 is 2.64 bits per heavy atom. The third-order valence-corrected chi connectivity index (χ3v) is 3.09. The Labute approximate surface area is 85.5 Å². The molecule has 14 heavy (non-hydrogen) atoms. The van der Waals surface area contributed by atoms with Crippen LogP contribution < -0.4 is 0 Å². The van der Waals surface area contributed by atoms with Gasteiger partial charge in [0.25, 0.3) is 0 Å². The molecule has 5 heteroatoms. The van der Waals surface area contributed by atoms with Gasteiger partial charge in [0, 0.05) is 17.9 Å². The summed E-state index contributed by atoms with van der Waals surface area (Å²) in [5, 5.41) is 11.2. The Hall–Kier alpha value is -0.940. The van der Waals surface area contributed by atoms with Gasteiger partial charge in [-0.15, -0.1) is 11.3 Å². The lowest BCUT2D eigenvalue weighted by Crippen LogP contribution is -2.01. The van der Waals surface area contributed by atoms with Crippen molar-refractivity contribution in [2.75, 3.05) is 13.2 Å². The van der Waals surface area contributed by atoms with Gasteiger partial charge in [0.05, 0.1) is 18.7 Å². The van der Waals surface area contributed by atoms with Crippen LogP contribution in [-0.2, 0) is 16.0 Å². The molecule has 76 valence electrons. The predicted octanol–water partition coefficient (Wildman–Crippen LogP) is 1.27. The summed E-state index contributed by atoms with van der Waals surface area (Å²) in [6, 6.07) is 0. The highest BCUT2D eigenvalue weighted by atomic mass is 32.1. The van der Waals surface area contributed by atoms with E-state index < -0.39 is 5.97 Å². The molecule has 1 atom stereocenters. The molecule has 2 heterocycles. The first-order valence-corrected chi connectivity index (χ1v) is 5.37. The third-order valence-electron chi connectivity index (χ3n) is 2.22. The number of hydrogen-bond acceptors (Lipinski definition) is 4. The molecule has 0 radical (unpaired) electrons. The topological polar surface area (TPSA) is 59.4 Å². The molecule has 1 unspecified atom stereocenters. The molecule has 0 aromatic carbocycles. The molecule has 1 aromatic heterocycles. The second-order valence-corrected chi connectivity index (χ2v) is 4.24. The van der Waals surface area contributed by atoms with Crippen LogP contribution in [0.1, 0.15) is 23.0 Å². The van der Waals surface area contributed by atoms with Gasteiger partial charge in [-0.05, 0) is 6.42 Å². The highest BCUT2D eigenvalue weighted by Crippen LogP contribution is 2.26. The van der Waals surface area contributed by atoms with Crippen molar-refractivity contribution >= 4 is 17.3 Å². The van der Waals surface area contributed by atoms with Crippen LogP contribution >= 0.6 is 11.3 Å². The van der Waals surface area contributed by atoms with Gasteiger partial charge in [-0.2, -0.15) is 0 Å². The van der Waals surface area contributed by atoms with Crippen molar-refractivity contribution in [3.8, 4) is 0 Å². The SMILES string of the molecule is O=C(O)Cc1nc(C2CCOC2)cs1. The lowest BCUT2D eigenvalue weighted by atomic mass is 10.1. The zero-order chi connectivity index (χ0) is 9.97. The fraction of sp³-hybridized carbons (Fsp3) is 0.556. The average molecular weight is 213 g/mol.